The van der Waals surface area contributed by atoms with Crippen LogP contribution >= 0.6 is 23.2 Å². The number of halogens is 2. The number of hydrogen-bond donors (Lipinski definition) is 2. The molecule has 29 heavy (non-hydrogen) atoms. The Balaban J connectivity index is 0.000000234. The van der Waals surface area contributed by atoms with Crippen molar-refractivity contribution in [2.75, 3.05) is 5.32 Å². The summed E-state index contributed by atoms with van der Waals surface area (Å²) < 4.78 is 0. The minimum atomic E-state index is -0.478. The monoisotopic (exact) mass is 428 g/mol. The van der Waals surface area contributed by atoms with Gasteiger partial charge in [0.25, 0.3) is 5.91 Å². The highest BCUT2D eigenvalue weighted by Gasteiger charge is 2.06. The normalized spacial score (nSPS) is 10.2. The van der Waals surface area contributed by atoms with E-state index in [0.29, 0.717) is 21.3 Å². The maximum absolute atomic E-state index is 11.9. The molecule has 148 valence electrons. The van der Waals surface area contributed by atoms with E-state index in [9.17, 15) is 9.59 Å². The number of carbonyl (C=O) groups excluding carboxylic acids is 2. The number of amides is 2. The van der Waals surface area contributed by atoms with Gasteiger partial charge in [-0.1, -0.05) is 40.9 Å². The average Bonchev–Trinajstić information content (AvgIpc) is 2.71. The quantitative estimate of drug-likeness (QED) is 0.596. The predicted molar refractivity (Wildman–Crippen MR) is 116 cm³/mol. The highest BCUT2D eigenvalue weighted by Crippen LogP contribution is 2.25. The lowest BCUT2D eigenvalue weighted by Gasteiger charge is -2.06. The molecule has 0 spiro atoms. The molecule has 3 N–H and O–H groups in total. The molecule has 0 saturated carbocycles. The zero-order valence-electron chi connectivity index (χ0n) is 15.5. The van der Waals surface area contributed by atoms with E-state index in [1.807, 2.05) is 19.1 Å². The van der Waals surface area contributed by atoms with Crippen LogP contribution in [0.25, 0.3) is 6.08 Å². The Morgan fingerprint density at radius 3 is 2.24 bits per heavy atom. The minimum Gasteiger partial charge on any atom is -0.366 e. The van der Waals surface area contributed by atoms with Gasteiger partial charge in [-0.05, 0) is 43.3 Å². The number of aryl methyl sites for hydroxylation is 1. The minimum absolute atomic E-state index is 0.173. The third-order valence-corrected chi connectivity index (χ3v) is 4.25. The second-order valence-electron chi connectivity index (χ2n) is 5.86. The number of rotatable bonds is 4. The van der Waals surface area contributed by atoms with Crippen molar-refractivity contribution in [1.82, 2.24) is 9.97 Å². The van der Waals surface area contributed by atoms with Crippen molar-refractivity contribution in [2.24, 2.45) is 5.73 Å². The molecule has 3 rings (SSSR count). The highest BCUT2D eigenvalue weighted by atomic mass is 35.5. The van der Waals surface area contributed by atoms with Gasteiger partial charge in [0, 0.05) is 35.3 Å². The SMILES string of the molecule is Cc1ccc(C(=O)Nc2ccc(Cl)c(Cl)c2)cc1.NC(=O)C=Cc1cncnc1. The molecule has 2 amide bonds. The number of nitrogens with zero attached hydrogens (tertiary/aromatic N) is 2. The van der Waals surface area contributed by atoms with Crippen LogP contribution in [-0.2, 0) is 4.79 Å². The van der Waals surface area contributed by atoms with Gasteiger partial charge in [0.2, 0.25) is 5.91 Å². The highest BCUT2D eigenvalue weighted by molar-refractivity contribution is 6.42. The van der Waals surface area contributed by atoms with Gasteiger partial charge in [0.15, 0.2) is 0 Å². The molecule has 8 heteroatoms. The van der Waals surface area contributed by atoms with E-state index in [2.05, 4.69) is 15.3 Å². The third-order valence-electron chi connectivity index (χ3n) is 3.51. The van der Waals surface area contributed by atoms with Crippen LogP contribution < -0.4 is 11.1 Å². The summed E-state index contributed by atoms with van der Waals surface area (Å²) in [6, 6.07) is 12.3. The third kappa shape index (κ3) is 7.73. The molecule has 0 radical (unpaired) electrons. The van der Waals surface area contributed by atoms with Crippen LogP contribution in [0.15, 0.2) is 67.3 Å². The van der Waals surface area contributed by atoms with Crippen LogP contribution in [0, 0.1) is 6.92 Å². The van der Waals surface area contributed by atoms with Crippen molar-refractivity contribution in [3.8, 4) is 0 Å². The van der Waals surface area contributed by atoms with Crippen molar-refractivity contribution in [1.29, 1.82) is 0 Å². The topological polar surface area (TPSA) is 98.0 Å². The molecule has 0 aliphatic heterocycles. The Hall–Kier alpha value is -3.22. The van der Waals surface area contributed by atoms with Crippen molar-refractivity contribution in [3.63, 3.8) is 0 Å². The Kier molecular flexibility index (Phi) is 8.33. The van der Waals surface area contributed by atoms with Crippen LogP contribution in [0.5, 0.6) is 0 Å². The van der Waals surface area contributed by atoms with E-state index in [0.717, 1.165) is 11.1 Å². The van der Waals surface area contributed by atoms with Crippen molar-refractivity contribution >= 4 is 46.8 Å². The van der Waals surface area contributed by atoms with Crippen LogP contribution in [0.1, 0.15) is 21.5 Å². The first-order valence-electron chi connectivity index (χ1n) is 8.41. The lowest BCUT2D eigenvalue weighted by atomic mass is 10.1. The van der Waals surface area contributed by atoms with Gasteiger partial charge < -0.3 is 11.1 Å². The maximum atomic E-state index is 11.9. The largest absolute Gasteiger partial charge is 0.366 e. The van der Waals surface area contributed by atoms with Crippen LogP contribution in [0.4, 0.5) is 5.69 Å². The maximum Gasteiger partial charge on any atom is 0.255 e. The molecule has 0 aliphatic rings. The van der Waals surface area contributed by atoms with Crippen LogP contribution in [-0.4, -0.2) is 21.8 Å². The lowest BCUT2D eigenvalue weighted by Crippen LogP contribution is -2.11. The number of aromatic nitrogens is 2. The van der Waals surface area contributed by atoms with E-state index in [1.165, 1.54) is 12.4 Å². The van der Waals surface area contributed by atoms with Crippen molar-refractivity contribution in [2.45, 2.75) is 6.92 Å². The Labute approximate surface area is 178 Å². The smallest absolute Gasteiger partial charge is 0.255 e. The Morgan fingerprint density at radius 1 is 1.00 bits per heavy atom. The summed E-state index contributed by atoms with van der Waals surface area (Å²) in [5, 5.41) is 3.64. The molecular formula is C21H18Cl2N4O2. The van der Waals surface area contributed by atoms with Crippen molar-refractivity contribution in [3.05, 3.63) is 94.0 Å². The Bertz CT molecular complexity index is 1010. The molecule has 0 fully saturated rings. The standard InChI is InChI=1S/C14H11Cl2NO.C7H7N3O/c1-9-2-4-10(5-3-9)14(18)17-11-6-7-12(15)13(16)8-11;8-7(11)2-1-6-3-9-5-10-4-6/h2-8H,1H3,(H,17,18);1-5H,(H2,8,11). The lowest BCUT2D eigenvalue weighted by molar-refractivity contribution is -0.113. The summed E-state index contributed by atoms with van der Waals surface area (Å²) in [5.41, 5.74) is 7.97. The molecule has 0 unspecified atom stereocenters. The van der Waals surface area contributed by atoms with Crippen LogP contribution in [0.3, 0.4) is 0 Å². The van der Waals surface area contributed by atoms with Gasteiger partial charge in [-0.2, -0.15) is 0 Å². The summed E-state index contributed by atoms with van der Waals surface area (Å²) in [6.07, 6.45) is 7.42. The number of benzene rings is 2. The molecular weight excluding hydrogens is 411 g/mol. The second kappa shape index (κ2) is 10.9. The first-order valence-corrected chi connectivity index (χ1v) is 9.16. The summed E-state index contributed by atoms with van der Waals surface area (Å²) in [7, 11) is 0. The van der Waals surface area contributed by atoms with Crippen LogP contribution in [0.2, 0.25) is 10.0 Å². The molecule has 0 saturated heterocycles. The number of carbonyl (C=O) groups is 2. The zero-order chi connectivity index (χ0) is 21.2. The van der Waals surface area contributed by atoms with E-state index in [-0.39, 0.29) is 5.91 Å². The first kappa shape index (κ1) is 22.1. The fourth-order valence-electron chi connectivity index (χ4n) is 2.06. The predicted octanol–water partition coefficient (Wildman–Crippen LogP) is 4.53. The van der Waals surface area contributed by atoms with E-state index >= 15 is 0 Å². The molecule has 3 aromatic rings. The number of nitrogens with one attached hydrogen (secondary N) is 1. The fraction of sp³-hybridized carbons (Fsp3) is 0.0476. The van der Waals surface area contributed by atoms with Gasteiger partial charge in [-0.15, -0.1) is 0 Å². The molecule has 6 nitrogen and oxygen atoms in total. The van der Waals surface area contributed by atoms with E-state index in [4.69, 9.17) is 28.9 Å². The summed E-state index contributed by atoms with van der Waals surface area (Å²) >= 11 is 11.7. The van der Waals surface area contributed by atoms with E-state index < -0.39 is 5.91 Å². The average molecular weight is 429 g/mol. The molecule has 1 aromatic heterocycles. The van der Waals surface area contributed by atoms with Gasteiger partial charge in [-0.25, -0.2) is 9.97 Å². The zero-order valence-corrected chi connectivity index (χ0v) is 17.0. The number of anilines is 1. The van der Waals surface area contributed by atoms with E-state index in [1.54, 1.807) is 48.8 Å². The molecule has 0 aliphatic carbocycles. The molecule has 0 atom stereocenters. The summed E-state index contributed by atoms with van der Waals surface area (Å²) in [6.45, 7) is 1.97. The molecule has 1 heterocycles. The van der Waals surface area contributed by atoms with Gasteiger partial charge >= 0.3 is 0 Å². The Morgan fingerprint density at radius 2 is 1.66 bits per heavy atom. The van der Waals surface area contributed by atoms with Gasteiger partial charge in [0.05, 0.1) is 10.0 Å². The molecule has 2 aromatic carbocycles. The number of primary amides is 1. The first-order chi connectivity index (χ1) is 13.8. The second-order valence-corrected chi connectivity index (χ2v) is 6.67. The summed E-state index contributed by atoms with van der Waals surface area (Å²) in [5.74, 6) is -0.651. The molecule has 0 bridgehead atoms. The van der Waals surface area contributed by atoms with Crippen molar-refractivity contribution < 1.29 is 9.59 Å². The number of hydrogen-bond acceptors (Lipinski definition) is 4. The number of nitrogens with two attached hydrogens (primary N) is 1. The fourth-order valence-corrected chi connectivity index (χ4v) is 2.36. The summed E-state index contributed by atoms with van der Waals surface area (Å²) in [4.78, 5) is 29.7. The van der Waals surface area contributed by atoms with Gasteiger partial charge in [0.1, 0.15) is 6.33 Å². The van der Waals surface area contributed by atoms with Gasteiger partial charge in [-0.3, -0.25) is 9.59 Å².